The maximum Gasteiger partial charge on any atom is 0.276 e. The molecule has 0 aliphatic rings. The number of aromatic nitrogens is 2. The summed E-state index contributed by atoms with van der Waals surface area (Å²) in [5.74, 6) is -0.377. The van der Waals surface area contributed by atoms with Crippen LogP contribution in [0.15, 0.2) is 48.5 Å². The van der Waals surface area contributed by atoms with Crippen molar-refractivity contribution >= 4 is 40.5 Å². The molecule has 3 rings (SSSR count). The largest absolute Gasteiger partial charge is 0.397 e. The van der Waals surface area contributed by atoms with Crippen LogP contribution in [-0.2, 0) is 0 Å². The first-order chi connectivity index (χ1) is 11.5. The molecule has 0 aliphatic heterocycles. The normalized spacial score (nSPS) is 10.6. The van der Waals surface area contributed by atoms with E-state index in [1.165, 1.54) is 12.1 Å². The van der Waals surface area contributed by atoms with Gasteiger partial charge in [0.2, 0.25) is 0 Å². The van der Waals surface area contributed by atoms with E-state index in [-0.39, 0.29) is 11.6 Å². The summed E-state index contributed by atoms with van der Waals surface area (Å²) in [6.07, 6.45) is 0. The summed E-state index contributed by atoms with van der Waals surface area (Å²) < 4.78 is 1.70. The van der Waals surface area contributed by atoms with Gasteiger partial charge in [0.05, 0.1) is 27.1 Å². The minimum Gasteiger partial charge on any atom is -0.397 e. The Labute approximate surface area is 149 Å². The zero-order chi connectivity index (χ0) is 17.3. The lowest BCUT2D eigenvalue weighted by Gasteiger charge is -2.08. The molecule has 0 saturated heterocycles. The maximum atomic E-state index is 12.4. The second kappa shape index (κ2) is 6.55. The first kappa shape index (κ1) is 16.4. The monoisotopic (exact) mass is 360 g/mol. The second-order valence-electron chi connectivity index (χ2n) is 5.23. The highest BCUT2D eigenvalue weighted by Gasteiger charge is 2.15. The number of nitrogens with two attached hydrogens (primary N) is 1. The molecule has 0 aliphatic carbocycles. The first-order valence-electron chi connectivity index (χ1n) is 7.13. The lowest BCUT2D eigenvalue weighted by atomic mass is 10.2. The van der Waals surface area contributed by atoms with Crippen LogP contribution in [0.3, 0.4) is 0 Å². The highest BCUT2D eigenvalue weighted by Crippen LogP contribution is 2.31. The summed E-state index contributed by atoms with van der Waals surface area (Å²) in [5.41, 5.74) is 8.58. The summed E-state index contributed by atoms with van der Waals surface area (Å²) in [7, 11) is 0. The number of para-hydroxylation sites is 1. The van der Waals surface area contributed by atoms with Gasteiger partial charge in [0.15, 0.2) is 5.69 Å². The van der Waals surface area contributed by atoms with Gasteiger partial charge in [-0.05, 0) is 37.3 Å². The maximum absolute atomic E-state index is 12.4. The zero-order valence-electron chi connectivity index (χ0n) is 12.8. The Morgan fingerprint density at radius 2 is 1.79 bits per heavy atom. The fourth-order valence-electron chi connectivity index (χ4n) is 2.27. The minimum absolute atomic E-state index is 0.279. The number of benzene rings is 2. The van der Waals surface area contributed by atoms with Crippen LogP contribution in [0.2, 0.25) is 10.0 Å². The van der Waals surface area contributed by atoms with Gasteiger partial charge in [-0.2, -0.15) is 5.10 Å². The highest BCUT2D eigenvalue weighted by molar-refractivity contribution is 6.42. The standard InChI is InChI=1S/C17H14Cl2N4O/c1-10-7-16(22-23(10)11-5-3-2-4-6-11)17(24)21-15-9-13(19)12(18)8-14(15)20/h2-9H,20H2,1H3,(H,21,24). The molecule has 24 heavy (non-hydrogen) atoms. The Hall–Kier alpha value is -2.50. The van der Waals surface area contributed by atoms with Gasteiger partial charge in [0, 0.05) is 5.69 Å². The summed E-state index contributed by atoms with van der Waals surface area (Å²) in [5, 5.41) is 7.70. The molecule has 0 saturated carbocycles. The van der Waals surface area contributed by atoms with Gasteiger partial charge in [-0.25, -0.2) is 4.68 Å². The van der Waals surface area contributed by atoms with E-state index in [2.05, 4.69) is 10.4 Å². The number of hydrogen-bond donors (Lipinski definition) is 2. The van der Waals surface area contributed by atoms with Crippen molar-refractivity contribution in [2.75, 3.05) is 11.1 Å². The van der Waals surface area contributed by atoms with Crippen molar-refractivity contribution in [3.05, 3.63) is 70.0 Å². The van der Waals surface area contributed by atoms with Crippen LogP contribution < -0.4 is 11.1 Å². The van der Waals surface area contributed by atoms with Crippen molar-refractivity contribution in [1.29, 1.82) is 0 Å². The third-order valence-corrected chi connectivity index (χ3v) is 4.18. The van der Waals surface area contributed by atoms with Crippen LogP contribution in [0.1, 0.15) is 16.2 Å². The van der Waals surface area contributed by atoms with E-state index in [9.17, 15) is 4.79 Å². The Morgan fingerprint density at radius 1 is 1.12 bits per heavy atom. The van der Waals surface area contributed by atoms with Gasteiger partial charge >= 0.3 is 0 Å². The van der Waals surface area contributed by atoms with Crippen molar-refractivity contribution < 1.29 is 4.79 Å². The number of nitrogen functional groups attached to an aromatic ring is 1. The van der Waals surface area contributed by atoms with Gasteiger partial charge in [0.25, 0.3) is 5.91 Å². The Balaban J connectivity index is 1.88. The molecular formula is C17H14Cl2N4O. The van der Waals surface area contributed by atoms with Crippen molar-refractivity contribution in [3.63, 3.8) is 0 Å². The predicted molar refractivity (Wildman–Crippen MR) is 97.1 cm³/mol. The van der Waals surface area contributed by atoms with Crippen LogP contribution in [0.4, 0.5) is 11.4 Å². The lowest BCUT2D eigenvalue weighted by Crippen LogP contribution is -2.14. The van der Waals surface area contributed by atoms with Gasteiger partial charge in [-0.3, -0.25) is 4.79 Å². The molecule has 0 unspecified atom stereocenters. The van der Waals surface area contributed by atoms with Crippen LogP contribution in [0.25, 0.3) is 5.69 Å². The molecule has 5 nitrogen and oxygen atoms in total. The highest BCUT2D eigenvalue weighted by atomic mass is 35.5. The van der Waals surface area contributed by atoms with Crippen molar-refractivity contribution in [1.82, 2.24) is 9.78 Å². The SMILES string of the molecule is Cc1cc(C(=O)Nc2cc(Cl)c(Cl)cc2N)nn1-c1ccccc1. The zero-order valence-corrected chi connectivity index (χ0v) is 14.3. The minimum atomic E-state index is -0.377. The number of anilines is 2. The fourth-order valence-corrected chi connectivity index (χ4v) is 2.61. The topological polar surface area (TPSA) is 72.9 Å². The predicted octanol–water partition coefficient (Wildman–Crippen LogP) is 4.32. The van der Waals surface area contributed by atoms with Gasteiger partial charge in [-0.15, -0.1) is 0 Å². The molecule has 3 N–H and O–H groups in total. The first-order valence-corrected chi connectivity index (χ1v) is 7.89. The fraction of sp³-hybridized carbons (Fsp3) is 0.0588. The summed E-state index contributed by atoms with van der Waals surface area (Å²) in [6.45, 7) is 1.88. The molecule has 0 fully saturated rings. The van der Waals surface area contributed by atoms with E-state index in [0.29, 0.717) is 21.4 Å². The van der Waals surface area contributed by atoms with E-state index in [1.54, 1.807) is 10.7 Å². The van der Waals surface area contributed by atoms with Crippen molar-refractivity contribution in [3.8, 4) is 5.69 Å². The molecule has 2 aromatic carbocycles. The Bertz CT molecular complexity index is 906. The van der Waals surface area contributed by atoms with E-state index >= 15 is 0 Å². The van der Waals surface area contributed by atoms with E-state index in [1.807, 2.05) is 37.3 Å². The summed E-state index contributed by atoms with van der Waals surface area (Å²) in [6, 6.07) is 14.3. The number of carbonyl (C=O) groups is 1. The molecule has 0 bridgehead atoms. The average Bonchev–Trinajstić information content (AvgIpc) is 2.95. The number of nitrogens with one attached hydrogen (secondary N) is 1. The molecule has 7 heteroatoms. The van der Waals surface area contributed by atoms with E-state index < -0.39 is 0 Å². The molecule has 0 spiro atoms. The molecule has 1 amide bonds. The number of aryl methyl sites for hydroxylation is 1. The summed E-state index contributed by atoms with van der Waals surface area (Å²) in [4.78, 5) is 12.4. The number of amides is 1. The number of halogens is 2. The van der Waals surface area contributed by atoms with Crippen LogP contribution in [0.5, 0.6) is 0 Å². The summed E-state index contributed by atoms with van der Waals surface area (Å²) >= 11 is 11.9. The number of carbonyl (C=O) groups excluding carboxylic acids is 1. The average molecular weight is 361 g/mol. The molecule has 0 atom stereocenters. The number of hydrogen-bond acceptors (Lipinski definition) is 3. The number of nitrogens with zero attached hydrogens (tertiary/aromatic N) is 2. The Kier molecular flexibility index (Phi) is 4.46. The third kappa shape index (κ3) is 3.22. The van der Waals surface area contributed by atoms with Gasteiger partial charge in [0.1, 0.15) is 0 Å². The second-order valence-corrected chi connectivity index (χ2v) is 6.04. The van der Waals surface area contributed by atoms with E-state index in [4.69, 9.17) is 28.9 Å². The van der Waals surface area contributed by atoms with Crippen LogP contribution >= 0.6 is 23.2 Å². The molecule has 0 radical (unpaired) electrons. The number of rotatable bonds is 3. The Morgan fingerprint density at radius 3 is 2.50 bits per heavy atom. The third-order valence-electron chi connectivity index (χ3n) is 3.46. The van der Waals surface area contributed by atoms with Crippen molar-refractivity contribution in [2.24, 2.45) is 0 Å². The van der Waals surface area contributed by atoms with Gasteiger partial charge < -0.3 is 11.1 Å². The molecule has 1 aromatic heterocycles. The van der Waals surface area contributed by atoms with Crippen molar-refractivity contribution in [2.45, 2.75) is 6.92 Å². The van der Waals surface area contributed by atoms with E-state index in [0.717, 1.165) is 11.4 Å². The lowest BCUT2D eigenvalue weighted by molar-refractivity contribution is 0.102. The molecule has 3 aromatic rings. The molecular weight excluding hydrogens is 347 g/mol. The van der Waals surface area contributed by atoms with Crippen LogP contribution in [0, 0.1) is 6.92 Å². The quantitative estimate of drug-likeness (QED) is 0.683. The van der Waals surface area contributed by atoms with Gasteiger partial charge in [-0.1, -0.05) is 41.4 Å². The van der Waals surface area contributed by atoms with Crippen LogP contribution in [-0.4, -0.2) is 15.7 Å². The molecule has 1 heterocycles. The smallest absolute Gasteiger partial charge is 0.276 e. The molecule has 122 valence electrons.